The fraction of sp³-hybridized carbons (Fsp3) is 0.524. The van der Waals surface area contributed by atoms with Gasteiger partial charge in [-0.15, -0.1) is 0 Å². The number of benzene rings is 1. The third kappa shape index (κ3) is 3.45. The summed E-state index contributed by atoms with van der Waals surface area (Å²) >= 11 is 0. The molecule has 1 aromatic heterocycles. The van der Waals surface area contributed by atoms with E-state index < -0.39 is 23.6 Å². The van der Waals surface area contributed by atoms with Crippen LogP contribution in [0.3, 0.4) is 0 Å². The predicted molar refractivity (Wildman–Crippen MR) is 110 cm³/mol. The summed E-state index contributed by atoms with van der Waals surface area (Å²) in [6, 6.07) is 8.65. The Bertz CT molecular complexity index is 981. The van der Waals surface area contributed by atoms with Crippen molar-refractivity contribution in [2.45, 2.75) is 37.9 Å². The van der Waals surface area contributed by atoms with Gasteiger partial charge >= 0.3 is 6.18 Å². The maximum atomic E-state index is 13.2. The molecule has 1 aromatic carbocycles. The molecule has 30 heavy (non-hydrogen) atoms. The second-order valence-corrected chi connectivity index (χ2v) is 8.54. The first-order chi connectivity index (χ1) is 14.1. The number of hydrogen-bond acceptors (Lipinski definition) is 5. The number of hydrogen-bond donors (Lipinski definition) is 2. The summed E-state index contributed by atoms with van der Waals surface area (Å²) in [5.74, 6) is -0.748. The van der Waals surface area contributed by atoms with E-state index >= 15 is 0 Å². The minimum atomic E-state index is -4.20. The summed E-state index contributed by atoms with van der Waals surface area (Å²) in [5.41, 5.74) is 12.6. The van der Waals surface area contributed by atoms with Gasteiger partial charge in [0.2, 0.25) is 5.95 Å². The highest BCUT2D eigenvalue weighted by molar-refractivity contribution is 5.73. The first-order valence-corrected chi connectivity index (χ1v) is 10.1. The molecule has 1 spiro atoms. The first kappa shape index (κ1) is 20.7. The van der Waals surface area contributed by atoms with Gasteiger partial charge in [-0.2, -0.15) is 18.2 Å². The molecule has 2 aliphatic rings. The van der Waals surface area contributed by atoms with E-state index in [1.54, 1.807) is 19.2 Å². The number of nitrogens with zero attached hydrogens (tertiary/aromatic N) is 3. The van der Waals surface area contributed by atoms with Crippen LogP contribution in [0.1, 0.15) is 25.7 Å². The summed E-state index contributed by atoms with van der Waals surface area (Å²) in [6.07, 6.45) is -3.06. The molecule has 2 aromatic rings. The van der Waals surface area contributed by atoms with Crippen molar-refractivity contribution in [1.82, 2.24) is 9.55 Å². The number of nitrogens with two attached hydrogens (primary N) is 2. The van der Waals surface area contributed by atoms with Gasteiger partial charge in [0, 0.05) is 26.2 Å². The van der Waals surface area contributed by atoms with E-state index in [0.717, 1.165) is 0 Å². The number of alkyl halides is 3. The van der Waals surface area contributed by atoms with Crippen molar-refractivity contribution >= 4 is 11.8 Å². The summed E-state index contributed by atoms with van der Waals surface area (Å²) < 4.78 is 41.1. The zero-order chi connectivity index (χ0) is 21.7. The largest absolute Gasteiger partial charge is 0.391 e. The van der Waals surface area contributed by atoms with Gasteiger partial charge in [-0.05, 0) is 36.7 Å². The second kappa shape index (κ2) is 7.30. The molecule has 2 atom stereocenters. The Morgan fingerprint density at radius 1 is 1.17 bits per heavy atom. The fourth-order valence-electron chi connectivity index (χ4n) is 5.02. The van der Waals surface area contributed by atoms with Crippen molar-refractivity contribution in [3.05, 3.63) is 40.7 Å². The third-order valence-electron chi connectivity index (χ3n) is 6.84. The lowest BCUT2D eigenvalue weighted by atomic mass is 9.74. The van der Waals surface area contributed by atoms with Crippen LogP contribution in [0.4, 0.5) is 24.9 Å². The molecule has 0 radical (unpaired) electrons. The average molecular weight is 421 g/mol. The number of piperidine rings is 1. The molecule has 1 saturated heterocycles. The Kier molecular flexibility index (Phi) is 5.04. The average Bonchev–Trinajstić information content (AvgIpc) is 3.03. The molecule has 4 rings (SSSR count). The molecule has 162 valence electrons. The normalized spacial score (nSPS) is 23.8. The van der Waals surface area contributed by atoms with E-state index in [9.17, 15) is 18.0 Å². The Morgan fingerprint density at radius 3 is 2.37 bits per heavy atom. The van der Waals surface area contributed by atoms with Gasteiger partial charge in [0.25, 0.3) is 5.56 Å². The fourth-order valence-corrected chi connectivity index (χ4v) is 5.02. The Balaban J connectivity index is 1.57. The molecule has 0 amide bonds. The standard InChI is InChI=1S/C21H26F3N5O/c1-28-18(30)16(13-5-3-2-4-6-13)17(26)27-19(28)29-9-7-20(8-10-29)12-14(11-15(20)25)21(22,23)24/h2-6,14-15H,7-12,25-26H2,1H3/t14-,15+/m0/s1. The van der Waals surface area contributed by atoms with E-state index in [-0.39, 0.29) is 24.2 Å². The Hall–Kier alpha value is -2.55. The smallest absolute Gasteiger partial charge is 0.383 e. The van der Waals surface area contributed by atoms with Crippen LogP contribution in [0.15, 0.2) is 35.1 Å². The lowest BCUT2D eigenvalue weighted by molar-refractivity contribution is -0.174. The molecule has 2 heterocycles. The second-order valence-electron chi connectivity index (χ2n) is 8.54. The van der Waals surface area contributed by atoms with E-state index in [4.69, 9.17) is 11.5 Å². The predicted octanol–water partition coefficient (Wildman–Crippen LogP) is 2.92. The van der Waals surface area contributed by atoms with E-state index in [1.165, 1.54) is 4.57 Å². The maximum absolute atomic E-state index is 13.2. The van der Waals surface area contributed by atoms with E-state index in [1.807, 2.05) is 23.1 Å². The molecular formula is C21H26F3N5O. The van der Waals surface area contributed by atoms with Crippen LogP contribution in [-0.4, -0.2) is 34.9 Å². The van der Waals surface area contributed by atoms with Crippen molar-refractivity contribution in [2.24, 2.45) is 24.1 Å². The first-order valence-electron chi connectivity index (χ1n) is 10.1. The van der Waals surface area contributed by atoms with Crippen molar-refractivity contribution < 1.29 is 13.2 Å². The van der Waals surface area contributed by atoms with Crippen molar-refractivity contribution in [1.29, 1.82) is 0 Å². The number of halogens is 3. The topological polar surface area (TPSA) is 90.2 Å². The molecule has 1 aliphatic heterocycles. The monoisotopic (exact) mass is 421 g/mol. The van der Waals surface area contributed by atoms with E-state index in [0.29, 0.717) is 43.0 Å². The summed E-state index contributed by atoms with van der Waals surface area (Å²) in [4.78, 5) is 19.4. The summed E-state index contributed by atoms with van der Waals surface area (Å²) in [6.45, 7) is 0.978. The highest BCUT2D eigenvalue weighted by atomic mass is 19.4. The van der Waals surface area contributed by atoms with Gasteiger partial charge in [0.15, 0.2) is 0 Å². The zero-order valence-corrected chi connectivity index (χ0v) is 16.8. The summed E-state index contributed by atoms with van der Waals surface area (Å²) in [7, 11) is 1.64. The van der Waals surface area contributed by atoms with Crippen LogP contribution >= 0.6 is 0 Å². The minimum Gasteiger partial charge on any atom is -0.383 e. The van der Waals surface area contributed by atoms with Crippen LogP contribution in [0.25, 0.3) is 11.1 Å². The Morgan fingerprint density at radius 2 is 1.80 bits per heavy atom. The van der Waals surface area contributed by atoms with Gasteiger partial charge < -0.3 is 16.4 Å². The number of nitrogen functional groups attached to an aromatic ring is 1. The Labute approximate surface area is 172 Å². The minimum absolute atomic E-state index is 0.0149. The molecule has 0 bridgehead atoms. The summed E-state index contributed by atoms with van der Waals surface area (Å²) in [5, 5.41) is 0. The van der Waals surface area contributed by atoms with Crippen LogP contribution in [0.2, 0.25) is 0 Å². The lowest BCUT2D eigenvalue weighted by Gasteiger charge is -2.42. The molecule has 6 nitrogen and oxygen atoms in total. The number of anilines is 2. The van der Waals surface area contributed by atoms with Gasteiger partial charge in [0.1, 0.15) is 5.82 Å². The van der Waals surface area contributed by atoms with Crippen molar-refractivity contribution in [3.8, 4) is 11.1 Å². The van der Waals surface area contributed by atoms with E-state index in [2.05, 4.69) is 4.98 Å². The molecule has 1 saturated carbocycles. The molecule has 1 aliphatic carbocycles. The lowest BCUT2D eigenvalue weighted by Crippen LogP contribution is -2.48. The number of aromatic nitrogens is 2. The highest BCUT2D eigenvalue weighted by Gasteiger charge is 2.55. The quantitative estimate of drug-likeness (QED) is 0.778. The van der Waals surface area contributed by atoms with Crippen LogP contribution in [0.5, 0.6) is 0 Å². The zero-order valence-electron chi connectivity index (χ0n) is 16.8. The maximum Gasteiger partial charge on any atom is 0.391 e. The van der Waals surface area contributed by atoms with Crippen LogP contribution in [-0.2, 0) is 7.05 Å². The molecule has 4 N–H and O–H groups in total. The SMILES string of the molecule is Cn1c(N2CCC3(CC2)C[C@@H](C(F)(F)F)C[C@H]3N)nc(N)c(-c2ccccc2)c1=O. The molecule has 0 unspecified atom stereocenters. The highest BCUT2D eigenvalue weighted by Crippen LogP contribution is 2.52. The van der Waals surface area contributed by atoms with Gasteiger partial charge in [-0.1, -0.05) is 30.3 Å². The number of rotatable bonds is 2. The molecule has 9 heteroatoms. The molecule has 2 fully saturated rings. The molecular weight excluding hydrogens is 395 g/mol. The van der Waals surface area contributed by atoms with Crippen molar-refractivity contribution in [3.63, 3.8) is 0 Å². The van der Waals surface area contributed by atoms with Crippen molar-refractivity contribution in [2.75, 3.05) is 23.7 Å². The van der Waals surface area contributed by atoms with Gasteiger partial charge in [-0.25, -0.2) is 0 Å². The van der Waals surface area contributed by atoms with Crippen LogP contribution < -0.4 is 21.9 Å². The van der Waals surface area contributed by atoms with Crippen LogP contribution in [0, 0.1) is 11.3 Å². The van der Waals surface area contributed by atoms with Gasteiger partial charge in [-0.3, -0.25) is 9.36 Å². The van der Waals surface area contributed by atoms with Gasteiger partial charge in [0.05, 0.1) is 11.5 Å². The third-order valence-corrected chi connectivity index (χ3v) is 6.84.